The van der Waals surface area contributed by atoms with E-state index < -0.39 is 15.2 Å². The molecule has 158 valence electrons. The quantitative estimate of drug-likeness (QED) is 0.415. The number of anilines is 1. The maximum Gasteiger partial charge on any atom is 0.362 e. The second-order valence-corrected chi connectivity index (χ2v) is 9.56. The Morgan fingerprint density at radius 3 is 1.68 bits per heavy atom. The molecule has 2 rings (SSSR count). The van der Waals surface area contributed by atoms with Crippen LogP contribution in [0.4, 0.5) is 5.69 Å². The molecule has 0 unspecified atom stereocenters. The number of halogens is 1. The van der Waals surface area contributed by atoms with Crippen molar-refractivity contribution in [1.82, 2.24) is 0 Å². The largest absolute Gasteiger partial charge is 0.399 e. The molecule has 2 aromatic carbocycles. The first-order valence-electron chi connectivity index (χ1n) is 8.96. The highest BCUT2D eigenvalue weighted by atomic mass is 35.5. The molecule has 0 spiro atoms. The summed E-state index contributed by atoms with van der Waals surface area (Å²) < 4.78 is 48.6. The van der Waals surface area contributed by atoms with Gasteiger partial charge in [0.25, 0.3) is 0 Å². The molecular formula is C18H28ClNO6P2. The van der Waals surface area contributed by atoms with Gasteiger partial charge >= 0.3 is 15.2 Å². The summed E-state index contributed by atoms with van der Waals surface area (Å²) in [5, 5.41) is 1.82. The van der Waals surface area contributed by atoms with Crippen LogP contribution in [0.15, 0.2) is 30.3 Å². The lowest BCUT2D eigenvalue weighted by Gasteiger charge is -2.22. The fourth-order valence-corrected chi connectivity index (χ4v) is 6.48. The van der Waals surface area contributed by atoms with E-state index in [1.54, 1.807) is 58.0 Å². The first-order valence-corrected chi connectivity index (χ1v) is 12.0. The van der Waals surface area contributed by atoms with Gasteiger partial charge in [-0.15, -0.1) is 12.4 Å². The van der Waals surface area contributed by atoms with Crippen LogP contribution in [0.5, 0.6) is 0 Å². The number of benzene rings is 2. The van der Waals surface area contributed by atoms with E-state index in [0.717, 1.165) is 0 Å². The summed E-state index contributed by atoms with van der Waals surface area (Å²) in [5.74, 6) is 0. The molecule has 0 fully saturated rings. The molecule has 10 heteroatoms. The van der Waals surface area contributed by atoms with E-state index in [0.29, 0.717) is 27.1 Å². The second-order valence-electron chi connectivity index (χ2n) is 5.58. The predicted molar refractivity (Wildman–Crippen MR) is 117 cm³/mol. The highest BCUT2D eigenvalue weighted by Gasteiger charge is 2.33. The van der Waals surface area contributed by atoms with Crippen molar-refractivity contribution in [3.8, 4) is 0 Å². The standard InChI is InChI=1S/C18H27NO6P2.ClH/c1-5-22-26(20,23-6-2)17-11-9-10-15-16(17)12-14(19)13-18(15)27(21,24-7-3)25-8-4;/h9-13H,5-8,19H2,1-4H3;1H. The summed E-state index contributed by atoms with van der Waals surface area (Å²) in [6.45, 7) is 7.84. The molecule has 0 radical (unpaired) electrons. The molecule has 0 aromatic heterocycles. The first-order chi connectivity index (χ1) is 12.8. The Hall–Kier alpha value is -0.910. The minimum atomic E-state index is -3.60. The van der Waals surface area contributed by atoms with Crippen LogP contribution in [0, 0.1) is 0 Å². The Bertz CT molecular complexity index is 872. The zero-order chi connectivity index (χ0) is 20.1. The van der Waals surface area contributed by atoms with Crippen LogP contribution in [-0.4, -0.2) is 26.4 Å². The Morgan fingerprint density at radius 1 is 0.750 bits per heavy atom. The van der Waals surface area contributed by atoms with E-state index in [2.05, 4.69) is 0 Å². The van der Waals surface area contributed by atoms with Gasteiger partial charge in [0.15, 0.2) is 0 Å². The smallest absolute Gasteiger partial charge is 0.362 e. The molecular weight excluding hydrogens is 424 g/mol. The maximum atomic E-state index is 13.4. The molecule has 0 aliphatic heterocycles. The number of rotatable bonds is 10. The molecule has 7 nitrogen and oxygen atoms in total. The molecule has 2 aromatic rings. The normalized spacial score (nSPS) is 12.1. The molecule has 0 heterocycles. The second kappa shape index (κ2) is 10.7. The lowest BCUT2D eigenvalue weighted by molar-refractivity contribution is 0.229. The Labute approximate surface area is 172 Å². The van der Waals surface area contributed by atoms with Gasteiger partial charge in [-0.3, -0.25) is 9.13 Å². The third-order valence-electron chi connectivity index (χ3n) is 3.76. The van der Waals surface area contributed by atoms with Crippen LogP contribution in [0.1, 0.15) is 27.7 Å². The average molecular weight is 452 g/mol. The molecule has 2 N–H and O–H groups in total. The van der Waals surface area contributed by atoms with Crippen LogP contribution in [-0.2, 0) is 27.2 Å². The van der Waals surface area contributed by atoms with Crippen LogP contribution < -0.4 is 16.3 Å². The topological polar surface area (TPSA) is 97.1 Å². The van der Waals surface area contributed by atoms with Gasteiger partial charge < -0.3 is 23.8 Å². The van der Waals surface area contributed by atoms with Gasteiger partial charge in [0.05, 0.1) is 37.0 Å². The summed E-state index contributed by atoms with van der Waals surface area (Å²) in [5.41, 5.74) is 6.42. The number of nitrogen functional groups attached to an aromatic ring is 1. The minimum absolute atomic E-state index is 0. The third-order valence-corrected chi connectivity index (χ3v) is 8.09. The fraction of sp³-hybridized carbons (Fsp3) is 0.444. The van der Waals surface area contributed by atoms with Crippen LogP contribution >= 0.6 is 27.6 Å². The van der Waals surface area contributed by atoms with Crippen molar-refractivity contribution in [2.45, 2.75) is 27.7 Å². The van der Waals surface area contributed by atoms with Gasteiger partial charge in [0, 0.05) is 11.1 Å². The lowest BCUT2D eigenvalue weighted by Crippen LogP contribution is -2.17. The fourth-order valence-electron chi connectivity index (χ4n) is 2.87. The highest BCUT2D eigenvalue weighted by molar-refractivity contribution is 7.63. The Morgan fingerprint density at radius 2 is 1.21 bits per heavy atom. The van der Waals surface area contributed by atoms with Crippen molar-refractivity contribution in [2.75, 3.05) is 32.2 Å². The van der Waals surface area contributed by atoms with Gasteiger partial charge in [-0.05, 0) is 51.3 Å². The predicted octanol–water partition coefficient (Wildman–Crippen LogP) is 4.63. The monoisotopic (exact) mass is 451 g/mol. The van der Waals surface area contributed by atoms with Crippen molar-refractivity contribution in [2.24, 2.45) is 0 Å². The van der Waals surface area contributed by atoms with E-state index in [1.807, 2.05) is 0 Å². The summed E-state index contributed by atoms with van der Waals surface area (Å²) in [6, 6.07) is 8.39. The molecule has 0 bridgehead atoms. The Kier molecular flexibility index (Phi) is 9.65. The van der Waals surface area contributed by atoms with Gasteiger partial charge in [-0.25, -0.2) is 0 Å². The van der Waals surface area contributed by atoms with Crippen molar-refractivity contribution < 1.29 is 27.2 Å². The third kappa shape index (κ3) is 5.17. The zero-order valence-corrected chi connectivity index (χ0v) is 19.2. The molecule has 0 aliphatic rings. The number of fused-ring (bicyclic) bond motifs is 1. The van der Waals surface area contributed by atoms with Crippen molar-refractivity contribution in [3.05, 3.63) is 30.3 Å². The summed E-state index contributed by atoms with van der Waals surface area (Å²) in [4.78, 5) is 0. The molecule has 0 aliphatic carbocycles. The molecule has 0 atom stereocenters. The van der Waals surface area contributed by atoms with Crippen molar-refractivity contribution in [1.29, 1.82) is 0 Å². The molecule has 0 saturated heterocycles. The van der Waals surface area contributed by atoms with Gasteiger partial charge in [-0.1, -0.05) is 12.1 Å². The molecule has 0 amide bonds. The highest BCUT2D eigenvalue weighted by Crippen LogP contribution is 2.51. The Balaban J connectivity index is 0.00000392. The SMILES string of the molecule is CCOP(=O)(OCC)c1cc(N)cc2c(P(=O)(OCC)OCC)cccc12.Cl. The summed E-state index contributed by atoms with van der Waals surface area (Å²) >= 11 is 0. The van der Waals surface area contributed by atoms with Crippen molar-refractivity contribution in [3.63, 3.8) is 0 Å². The molecule has 28 heavy (non-hydrogen) atoms. The number of nitrogens with two attached hydrogens (primary N) is 1. The van der Waals surface area contributed by atoms with Gasteiger partial charge in [-0.2, -0.15) is 0 Å². The minimum Gasteiger partial charge on any atom is -0.399 e. The maximum absolute atomic E-state index is 13.4. The number of hydrogen-bond donors (Lipinski definition) is 1. The van der Waals surface area contributed by atoms with Gasteiger partial charge in [0.1, 0.15) is 0 Å². The van der Waals surface area contributed by atoms with Crippen molar-refractivity contribution >= 4 is 54.7 Å². The van der Waals surface area contributed by atoms with E-state index in [4.69, 9.17) is 23.8 Å². The number of hydrogen-bond acceptors (Lipinski definition) is 7. The van der Waals surface area contributed by atoms with Gasteiger partial charge in [0.2, 0.25) is 0 Å². The average Bonchev–Trinajstić information content (AvgIpc) is 2.61. The van der Waals surface area contributed by atoms with E-state index in [9.17, 15) is 9.13 Å². The van der Waals surface area contributed by atoms with Crippen LogP contribution in [0.2, 0.25) is 0 Å². The first kappa shape index (κ1) is 25.1. The van der Waals surface area contributed by atoms with Crippen LogP contribution in [0.25, 0.3) is 10.8 Å². The van der Waals surface area contributed by atoms with E-state index in [1.165, 1.54) is 0 Å². The van der Waals surface area contributed by atoms with E-state index >= 15 is 0 Å². The van der Waals surface area contributed by atoms with Crippen LogP contribution in [0.3, 0.4) is 0 Å². The zero-order valence-electron chi connectivity index (χ0n) is 16.5. The summed E-state index contributed by atoms with van der Waals surface area (Å²) in [7, 11) is -7.17. The lowest BCUT2D eigenvalue weighted by atomic mass is 10.1. The molecule has 0 saturated carbocycles. The summed E-state index contributed by atoms with van der Waals surface area (Å²) in [6.07, 6.45) is 0. The van der Waals surface area contributed by atoms with E-state index in [-0.39, 0.29) is 38.8 Å².